The molecule has 1 fully saturated rings. The maximum Gasteiger partial charge on any atom is 0.282 e. The fourth-order valence-corrected chi connectivity index (χ4v) is 4.64. The second kappa shape index (κ2) is 8.75. The van der Waals surface area contributed by atoms with Crippen LogP contribution in [0.4, 0.5) is 11.4 Å². The van der Waals surface area contributed by atoms with E-state index in [0.29, 0.717) is 40.6 Å². The molecular formula is C27H24ClN3O2. The number of para-hydroxylation sites is 1. The average Bonchev–Trinajstić information content (AvgIpc) is 3.10. The molecule has 0 aromatic heterocycles. The maximum absolute atomic E-state index is 13.7. The summed E-state index contributed by atoms with van der Waals surface area (Å²) in [7, 11) is 0. The third kappa shape index (κ3) is 4.00. The van der Waals surface area contributed by atoms with Gasteiger partial charge >= 0.3 is 0 Å². The first-order valence-electron chi connectivity index (χ1n) is 11.0. The van der Waals surface area contributed by atoms with Crippen LogP contribution in [0.5, 0.6) is 0 Å². The Hall–Kier alpha value is -3.57. The molecule has 2 heterocycles. The molecule has 2 aliphatic heterocycles. The SMILES string of the molecule is Cc1cccc(N2C(=O)C(c3ccc(Cl)cc3)=C(N3CCN(c4ccccc4)CC3)C2=O)c1. The van der Waals surface area contributed by atoms with Crippen molar-refractivity contribution in [3.63, 3.8) is 0 Å². The van der Waals surface area contributed by atoms with Crippen LogP contribution in [-0.2, 0) is 9.59 Å². The summed E-state index contributed by atoms with van der Waals surface area (Å²) in [6.07, 6.45) is 0. The number of aryl methyl sites for hydroxylation is 1. The summed E-state index contributed by atoms with van der Waals surface area (Å²) in [4.78, 5) is 33.0. The first kappa shape index (κ1) is 21.3. The maximum atomic E-state index is 13.7. The number of piperazine rings is 1. The number of halogens is 1. The molecule has 2 amide bonds. The molecule has 0 spiro atoms. The molecule has 0 radical (unpaired) electrons. The van der Waals surface area contributed by atoms with E-state index in [0.717, 1.165) is 18.7 Å². The number of nitrogens with zero attached hydrogens (tertiary/aromatic N) is 3. The highest BCUT2D eigenvalue weighted by Gasteiger charge is 2.43. The highest BCUT2D eigenvalue weighted by Crippen LogP contribution is 2.36. The largest absolute Gasteiger partial charge is 0.368 e. The van der Waals surface area contributed by atoms with Gasteiger partial charge in [0.05, 0.1) is 11.3 Å². The number of carbonyl (C=O) groups is 2. The van der Waals surface area contributed by atoms with Crippen LogP contribution in [0.25, 0.3) is 5.57 Å². The Bertz CT molecular complexity index is 1230. The minimum atomic E-state index is -0.298. The van der Waals surface area contributed by atoms with Crippen molar-refractivity contribution in [3.8, 4) is 0 Å². The average molecular weight is 458 g/mol. The summed E-state index contributed by atoms with van der Waals surface area (Å²) in [5, 5.41) is 0.588. The number of carbonyl (C=O) groups excluding carboxylic acids is 2. The van der Waals surface area contributed by atoms with Gasteiger partial charge in [-0.2, -0.15) is 0 Å². The van der Waals surface area contributed by atoms with Gasteiger partial charge in [0.25, 0.3) is 11.8 Å². The molecule has 5 rings (SSSR count). The van der Waals surface area contributed by atoms with Gasteiger partial charge in [-0.25, -0.2) is 4.90 Å². The Balaban J connectivity index is 1.51. The third-order valence-electron chi connectivity index (χ3n) is 6.17. The molecular weight excluding hydrogens is 434 g/mol. The Morgan fingerprint density at radius 2 is 1.33 bits per heavy atom. The zero-order valence-electron chi connectivity index (χ0n) is 18.4. The predicted molar refractivity (Wildman–Crippen MR) is 132 cm³/mol. The van der Waals surface area contributed by atoms with E-state index < -0.39 is 0 Å². The van der Waals surface area contributed by atoms with Crippen LogP contribution in [0.1, 0.15) is 11.1 Å². The number of benzene rings is 3. The van der Waals surface area contributed by atoms with Crippen LogP contribution < -0.4 is 9.80 Å². The number of imide groups is 1. The molecule has 33 heavy (non-hydrogen) atoms. The highest BCUT2D eigenvalue weighted by atomic mass is 35.5. The fraction of sp³-hybridized carbons (Fsp3) is 0.185. The second-order valence-corrected chi connectivity index (χ2v) is 8.76. The Morgan fingerprint density at radius 1 is 0.697 bits per heavy atom. The topological polar surface area (TPSA) is 43.9 Å². The Kier molecular flexibility index (Phi) is 5.65. The lowest BCUT2D eigenvalue weighted by Gasteiger charge is -2.37. The first-order chi connectivity index (χ1) is 16.0. The van der Waals surface area contributed by atoms with E-state index in [1.807, 2.05) is 55.5 Å². The summed E-state index contributed by atoms with van der Waals surface area (Å²) in [6, 6.07) is 24.9. The molecule has 0 atom stereocenters. The van der Waals surface area contributed by atoms with Crippen molar-refractivity contribution in [2.75, 3.05) is 36.0 Å². The number of hydrogen-bond donors (Lipinski definition) is 0. The molecule has 3 aromatic rings. The summed E-state index contributed by atoms with van der Waals surface area (Å²) in [6.45, 7) is 4.80. The first-order valence-corrected chi connectivity index (χ1v) is 11.4. The normalized spacial score (nSPS) is 16.7. The zero-order chi connectivity index (χ0) is 22.9. The van der Waals surface area contributed by atoms with Crippen LogP contribution in [0.3, 0.4) is 0 Å². The van der Waals surface area contributed by atoms with Crippen molar-refractivity contribution in [2.24, 2.45) is 0 Å². The number of amides is 2. The number of hydrogen-bond acceptors (Lipinski definition) is 4. The van der Waals surface area contributed by atoms with Crippen molar-refractivity contribution < 1.29 is 9.59 Å². The molecule has 0 N–H and O–H groups in total. The Labute approximate surface area is 198 Å². The molecule has 0 bridgehead atoms. The van der Waals surface area contributed by atoms with Gasteiger partial charge < -0.3 is 9.80 Å². The molecule has 0 unspecified atom stereocenters. The minimum Gasteiger partial charge on any atom is -0.368 e. The van der Waals surface area contributed by atoms with E-state index in [1.165, 1.54) is 10.6 Å². The van der Waals surface area contributed by atoms with Gasteiger partial charge in [-0.1, -0.05) is 54.1 Å². The van der Waals surface area contributed by atoms with Gasteiger partial charge in [0.1, 0.15) is 5.70 Å². The van der Waals surface area contributed by atoms with Crippen LogP contribution in [0.2, 0.25) is 5.02 Å². The monoisotopic (exact) mass is 457 g/mol. The van der Waals surface area contributed by atoms with Gasteiger partial charge in [0.15, 0.2) is 0 Å². The molecule has 0 saturated carbocycles. The Morgan fingerprint density at radius 3 is 2.00 bits per heavy atom. The highest BCUT2D eigenvalue weighted by molar-refractivity contribution is 6.45. The molecule has 6 heteroatoms. The van der Waals surface area contributed by atoms with Crippen molar-refractivity contribution in [2.45, 2.75) is 6.92 Å². The van der Waals surface area contributed by atoms with Crippen molar-refractivity contribution in [1.29, 1.82) is 0 Å². The van der Waals surface area contributed by atoms with Gasteiger partial charge in [-0.15, -0.1) is 0 Å². The third-order valence-corrected chi connectivity index (χ3v) is 6.42. The minimum absolute atomic E-state index is 0.274. The van der Waals surface area contributed by atoms with Crippen LogP contribution in [-0.4, -0.2) is 42.9 Å². The smallest absolute Gasteiger partial charge is 0.282 e. The van der Waals surface area contributed by atoms with E-state index in [4.69, 9.17) is 11.6 Å². The van der Waals surface area contributed by atoms with Crippen molar-refractivity contribution >= 4 is 40.4 Å². The van der Waals surface area contributed by atoms with E-state index in [-0.39, 0.29) is 11.8 Å². The predicted octanol–water partition coefficient (Wildman–Crippen LogP) is 4.76. The van der Waals surface area contributed by atoms with Gasteiger partial charge in [-0.3, -0.25) is 9.59 Å². The summed E-state index contributed by atoms with van der Waals surface area (Å²) >= 11 is 6.09. The summed E-state index contributed by atoms with van der Waals surface area (Å²) in [5.41, 5.74) is 4.36. The van der Waals surface area contributed by atoms with Crippen LogP contribution in [0.15, 0.2) is 84.6 Å². The second-order valence-electron chi connectivity index (χ2n) is 8.32. The fourth-order valence-electron chi connectivity index (χ4n) is 4.52. The molecule has 5 nitrogen and oxygen atoms in total. The van der Waals surface area contributed by atoms with Crippen LogP contribution >= 0.6 is 11.6 Å². The van der Waals surface area contributed by atoms with E-state index >= 15 is 0 Å². The van der Waals surface area contributed by atoms with Crippen molar-refractivity contribution in [3.05, 3.63) is 101 Å². The lowest BCUT2D eigenvalue weighted by Crippen LogP contribution is -2.47. The number of anilines is 2. The lowest BCUT2D eigenvalue weighted by atomic mass is 10.0. The molecule has 166 valence electrons. The van der Waals surface area contributed by atoms with Gasteiger partial charge in [-0.05, 0) is 54.4 Å². The quantitative estimate of drug-likeness (QED) is 0.530. The standard InChI is InChI=1S/C27H24ClN3O2/c1-19-6-5-9-23(18-19)31-26(32)24(20-10-12-21(28)13-11-20)25(27(31)33)30-16-14-29(15-17-30)22-7-3-2-4-8-22/h2-13,18H,14-17H2,1H3. The van der Waals surface area contributed by atoms with E-state index in [2.05, 4.69) is 21.9 Å². The summed E-state index contributed by atoms with van der Waals surface area (Å²) in [5.74, 6) is -0.572. The molecule has 1 saturated heterocycles. The number of rotatable bonds is 4. The van der Waals surface area contributed by atoms with Crippen LogP contribution in [0, 0.1) is 6.92 Å². The molecule has 2 aliphatic rings. The molecule has 3 aromatic carbocycles. The van der Waals surface area contributed by atoms with E-state index in [9.17, 15) is 9.59 Å². The lowest BCUT2D eigenvalue weighted by molar-refractivity contribution is -0.120. The molecule has 0 aliphatic carbocycles. The van der Waals surface area contributed by atoms with Crippen molar-refractivity contribution in [1.82, 2.24) is 4.90 Å². The van der Waals surface area contributed by atoms with Gasteiger partial charge in [0, 0.05) is 36.9 Å². The van der Waals surface area contributed by atoms with E-state index in [1.54, 1.807) is 18.2 Å². The zero-order valence-corrected chi connectivity index (χ0v) is 19.1. The summed E-state index contributed by atoms with van der Waals surface area (Å²) < 4.78 is 0. The van der Waals surface area contributed by atoms with Gasteiger partial charge in [0.2, 0.25) is 0 Å².